The fourth-order valence-corrected chi connectivity index (χ4v) is 2.88. The molecule has 161 valence electrons. The quantitative estimate of drug-likeness (QED) is 0.254. The Morgan fingerprint density at radius 1 is 1.03 bits per heavy atom. The molecule has 3 aromatic rings. The van der Waals surface area contributed by atoms with Gasteiger partial charge in [-0.15, -0.1) is 23.3 Å². The first-order valence-electron chi connectivity index (χ1n) is 9.15. The zero-order valence-corrected chi connectivity index (χ0v) is 20.4. The summed E-state index contributed by atoms with van der Waals surface area (Å²) in [6, 6.07) is 15.3. The molecule has 0 aliphatic heterocycles. The van der Waals surface area contributed by atoms with Gasteiger partial charge in [0.2, 0.25) is 0 Å². The largest absolute Gasteiger partial charge is 0.516 e. The van der Waals surface area contributed by atoms with Crippen LogP contribution in [0.5, 0.6) is 11.5 Å². The molecule has 1 N–H and O–H groups in total. The minimum absolute atomic E-state index is 0. The fourth-order valence-electron chi connectivity index (χ4n) is 2.88. The molecule has 0 saturated carbocycles. The molecule has 3 rings (SSSR count). The maximum absolute atomic E-state index is 10.0. The number of nitrogens with zero attached hydrogens (tertiary/aromatic N) is 1. The van der Waals surface area contributed by atoms with E-state index in [1.165, 1.54) is 19.9 Å². The van der Waals surface area contributed by atoms with Gasteiger partial charge < -0.3 is 14.6 Å². The first-order chi connectivity index (χ1) is 13.7. The van der Waals surface area contributed by atoms with E-state index in [9.17, 15) is 4.79 Å². The van der Waals surface area contributed by atoms with Gasteiger partial charge in [0.1, 0.15) is 5.75 Å². The molecule has 0 fully saturated rings. The molecule has 5 nitrogen and oxygen atoms in total. The Labute approximate surface area is 191 Å². The first-order valence-corrected chi connectivity index (χ1v) is 9.15. The summed E-state index contributed by atoms with van der Waals surface area (Å²) in [7, 11) is 3.34. The van der Waals surface area contributed by atoms with Gasteiger partial charge in [-0.2, -0.15) is 0 Å². The first kappa shape index (κ1) is 25.3. The number of hydrogen-bond donors (Lipinski definition) is 1. The van der Waals surface area contributed by atoms with Crippen LogP contribution in [0.4, 0.5) is 0 Å². The topological polar surface area (TPSA) is 68.7 Å². The number of ether oxygens (including phenoxy) is 2. The van der Waals surface area contributed by atoms with Crippen molar-refractivity contribution in [2.24, 2.45) is 0 Å². The second kappa shape index (κ2) is 11.5. The van der Waals surface area contributed by atoms with Crippen LogP contribution in [-0.4, -0.2) is 30.1 Å². The van der Waals surface area contributed by atoms with Crippen LogP contribution in [0.25, 0.3) is 22.2 Å². The zero-order chi connectivity index (χ0) is 21.6. The number of carbonyl (C=O) groups is 1. The molecule has 0 amide bonds. The summed E-state index contributed by atoms with van der Waals surface area (Å²) in [5.41, 5.74) is 4.96. The van der Waals surface area contributed by atoms with E-state index in [0.29, 0.717) is 0 Å². The number of benzene rings is 2. The second-order valence-electron chi connectivity index (χ2n) is 6.73. The van der Waals surface area contributed by atoms with E-state index in [-0.39, 0.29) is 31.6 Å². The SMILES string of the molecule is CC(=O)C=C(C)O.COc1cc(C)[c-]c(-c2nc3ccc(OC)cc3cc2C)c1.[Ir]. The minimum atomic E-state index is -0.125. The molecule has 30 heavy (non-hydrogen) atoms. The molecule has 0 bridgehead atoms. The summed E-state index contributed by atoms with van der Waals surface area (Å²) in [5.74, 6) is 1.60. The summed E-state index contributed by atoms with van der Waals surface area (Å²) < 4.78 is 10.6. The minimum Gasteiger partial charge on any atom is -0.516 e. The Bertz CT molecular complexity index is 1060. The predicted octanol–water partition coefficient (Wildman–Crippen LogP) is 5.37. The molecule has 1 heterocycles. The average Bonchev–Trinajstić information content (AvgIpc) is 2.65. The van der Waals surface area contributed by atoms with E-state index in [2.05, 4.69) is 19.1 Å². The van der Waals surface area contributed by atoms with Crippen LogP contribution in [0, 0.1) is 19.9 Å². The van der Waals surface area contributed by atoms with Gasteiger partial charge in [0, 0.05) is 37.3 Å². The van der Waals surface area contributed by atoms with Gasteiger partial charge in [-0.3, -0.25) is 9.78 Å². The summed E-state index contributed by atoms with van der Waals surface area (Å²) in [5, 5.41) is 9.43. The zero-order valence-electron chi connectivity index (χ0n) is 18.0. The van der Waals surface area contributed by atoms with E-state index in [0.717, 1.165) is 44.8 Å². The number of aromatic nitrogens is 1. The smallest absolute Gasteiger partial charge is 0.155 e. The third-order valence-electron chi connectivity index (χ3n) is 4.09. The second-order valence-corrected chi connectivity index (χ2v) is 6.73. The van der Waals surface area contributed by atoms with Crippen LogP contribution >= 0.6 is 0 Å². The third kappa shape index (κ3) is 6.97. The standard InChI is InChI=1S/C19H18NO2.C5H8O2.Ir/c1-12-7-15(11-17(8-12)22-4)19-13(2)9-14-10-16(21-3)5-6-18(14)20-19;1-4(6)3-5(2)7;/h5-6,8-11H,1-4H3;3,6H,1-2H3;/q-1;;. The van der Waals surface area contributed by atoms with Crippen LogP contribution in [0.2, 0.25) is 0 Å². The van der Waals surface area contributed by atoms with Crippen molar-refractivity contribution in [3.05, 3.63) is 65.4 Å². The molecule has 0 saturated heterocycles. The van der Waals surface area contributed by atoms with E-state index in [1.54, 1.807) is 14.2 Å². The average molecular weight is 585 g/mol. The normalized spacial score (nSPS) is 10.5. The monoisotopic (exact) mass is 585 g/mol. The van der Waals surface area contributed by atoms with Crippen molar-refractivity contribution in [3.8, 4) is 22.8 Å². The summed E-state index contributed by atoms with van der Waals surface area (Å²) in [6.45, 7) is 6.91. The third-order valence-corrected chi connectivity index (χ3v) is 4.09. The Hall–Kier alpha value is -2.69. The van der Waals surface area contributed by atoms with Crippen LogP contribution < -0.4 is 9.47 Å². The number of aliphatic hydroxyl groups is 1. The predicted molar refractivity (Wildman–Crippen MR) is 116 cm³/mol. The summed E-state index contributed by atoms with van der Waals surface area (Å²) in [6.07, 6.45) is 1.17. The Morgan fingerprint density at radius 3 is 2.23 bits per heavy atom. The maximum Gasteiger partial charge on any atom is 0.155 e. The van der Waals surface area contributed by atoms with Gasteiger partial charge in [-0.25, -0.2) is 0 Å². The number of carbonyl (C=O) groups excluding carboxylic acids is 1. The van der Waals surface area contributed by atoms with Gasteiger partial charge in [0.25, 0.3) is 0 Å². The molecular weight excluding hydrogens is 558 g/mol. The Balaban J connectivity index is 0.000000489. The molecular formula is C24H26IrNO4-. The van der Waals surface area contributed by atoms with Crippen LogP contribution in [-0.2, 0) is 24.9 Å². The molecule has 1 radical (unpaired) electrons. The fraction of sp³-hybridized carbons (Fsp3) is 0.250. The van der Waals surface area contributed by atoms with Gasteiger partial charge in [-0.1, -0.05) is 24.6 Å². The molecule has 0 aliphatic rings. The number of rotatable bonds is 4. The van der Waals surface area contributed by atoms with Crippen molar-refractivity contribution in [1.82, 2.24) is 4.98 Å². The van der Waals surface area contributed by atoms with Gasteiger partial charge in [0.05, 0.1) is 25.5 Å². The summed E-state index contributed by atoms with van der Waals surface area (Å²) >= 11 is 0. The number of aryl methyl sites for hydroxylation is 2. The van der Waals surface area contributed by atoms with Gasteiger partial charge in [0.15, 0.2) is 5.78 Å². The molecule has 0 aliphatic carbocycles. The Morgan fingerprint density at radius 2 is 1.70 bits per heavy atom. The van der Waals surface area contributed by atoms with E-state index < -0.39 is 0 Å². The van der Waals surface area contributed by atoms with Gasteiger partial charge >= 0.3 is 0 Å². The summed E-state index contributed by atoms with van der Waals surface area (Å²) in [4.78, 5) is 14.8. The molecule has 2 aromatic carbocycles. The van der Waals surface area contributed by atoms with Crippen molar-refractivity contribution < 1.29 is 39.5 Å². The van der Waals surface area contributed by atoms with Crippen molar-refractivity contribution >= 4 is 16.7 Å². The molecule has 0 spiro atoms. The van der Waals surface area contributed by atoms with Crippen LogP contribution in [0.1, 0.15) is 25.0 Å². The maximum atomic E-state index is 10.0. The van der Waals surface area contributed by atoms with Crippen molar-refractivity contribution in [2.45, 2.75) is 27.7 Å². The molecule has 1 aromatic heterocycles. The van der Waals surface area contributed by atoms with Crippen LogP contribution in [0.3, 0.4) is 0 Å². The Kier molecular flexibility index (Phi) is 9.70. The number of ketones is 1. The van der Waals surface area contributed by atoms with E-state index >= 15 is 0 Å². The molecule has 6 heteroatoms. The van der Waals surface area contributed by atoms with Crippen molar-refractivity contribution in [2.75, 3.05) is 14.2 Å². The number of fused-ring (bicyclic) bond motifs is 1. The molecule has 0 unspecified atom stereocenters. The number of allylic oxidation sites excluding steroid dienone is 2. The number of hydrogen-bond acceptors (Lipinski definition) is 5. The van der Waals surface area contributed by atoms with Crippen LogP contribution in [0.15, 0.2) is 48.2 Å². The molecule has 0 atom stereocenters. The number of aliphatic hydroxyl groups excluding tert-OH is 1. The number of methoxy groups -OCH3 is 2. The van der Waals surface area contributed by atoms with E-state index in [1.807, 2.05) is 37.3 Å². The van der Waals surface area contributed by atoms with Crippen molar-refractivity contribution in [3.63, 3.8) is 0 Å². The van der Waals surface area contributed by atoms with E-state index in [4.69, 9.17) is 19.6 Å². The number of pyridine rings is 1. The van der Waals surface area contributed by atoms with Gasteiger partial charge in [-0.05, 0) is 44.7 Å². The van der Waals surface area contributed by atoms with Crippen molar-refractivity contribution in [1.29, 1.82) is 0 Å².